The first kappa shape index (κ1) is 37.5. The number of carboxylic acids is 6. The van der Waals surface area contributed by atoms with Crippen molar-refractivity contribution >= 4 is 35.8 Å². The number of nitrogens with one attached hydrogen (secondary N) is 1. The summed E-state index contributed by atoms with van der Waals surface area (Å²) in [5.41, 5.74) is 0. The summed E-state index contributed by atoms with van der Waals surface area (Å²) in [6, 6.07) is 0.807. The first-order chi connectivity index (χ1) is 17.1. The Labute approximate surface area is 213 Å². The highest BCUT2D eigenvalue weighted by Crippen LogP contribution is 2.08. The molecule has 0 aromatic rings. The van der Waals surface area contributed by atoms with Crippen molar-refractivity contribution in [2.75, 3.05) is 47.3 Å². The summed E-state index contributed by atoms with van der Waals surface area (Å²) < 4.78 is 0. The Bertz CT molecular complexity index is 687. The van der Waals surface area contributed by atoms with E-state index in [1.165, 1.54) is 39.0 Å². The van der Waals surface area contributed by atoms with E-state index in [9.17, 15) is 28.8 Å². The molecule has 0 aliphatic carbocycles. The Hall–Kier alpha value is -4.08. The van der Waals surface area contributed by atoms with Gasteiger partial charge in [0.25, 0.3) is 0 Å². The summed E-state index contributed by atoms with van der Waals surface area (Å²) in [6.45, 7) is 4.74. The van der Waals surface area contributed by atoms with E-state index in [2.05, 4.69) is 36.3 Å². The number of carboxylic acid groups (broad SMARTS) is 6. The van der Waals surface area contributed by atoms with Crippen LogP contribution in [0.15, 0.2) is 36.5 Å². The summed E-state index contributed by atoms with van der Waals surface area (Å²) >= 11 is 0. The number of carbonyl (C=O) groups is 6. The van der Waals surface area contributed by atoms with Crippen molar-refractivity contribution in [3.8, 4) is 0 Å². The maximum Gasteiger partial charge on any atom is 0.328 e. The van der Waals surface area contributed by atoms with E-state index in [-0.39, 0.29) is 0 Å². The van der Waals surface area contributed by atoms with Crippen molar-refractivity contribution < 1.29 is 59.4 Å². The van der Waals surface area contributed by atoms with E-state index < -0.39 is 35.8 Å². The topological polar surface area (TPSA) is 242 Å². The third-order valence-electron chi connectivity index (χ3n) is 3.94. The minimum atomic E-state index is -1.26. The fraction of sp³-hybridized carbons (Fsp3) is 0.455. The number of likely N-dealkylation sites (N-methyl/N-ethyl adjacent to an activating group) is 2. The number of nitrogens with zero attached hydrogens (tertiary/aromatic N) is 2. The Morgan fingerprint density at radius 3 is 1.08 bits per heavy atom. The Balaban J connectivity index is -0.000000430. The maximum absolute atomic E-state index is 9.55. The van der Waals surface area contributed by atoms with Crippen LogP contribution in [0, 0.1) is 0 Å². The average Bonchev–Trinajstić information content (AvgIpc) is 2.80. The second-order valence-electron chi connectivity index (χ2n) is 7.29. The molecule has 0 bridgehead atoms. The van der Waals surface area contributed by atoms with E-state index in [0.717, 1.165) is 6.04 Å². The second-order valence-corrected chi connectivity index (χ2v) is 7.29. The van der Waals surface area contributed by atoms with Gasteiger partial charge in [-0.05, 0) is 47.1 Å². The summed E-state index contributed by atoms with van der Waals surface area (Å²) in [5, 5.41) is 50.3. The predicted molar refractivity (Wildman–Crippen MR) is 130 cm³/mol. The van der Waals surface area contributed by atoms with Gasteiger partial charge < -0.3 is 45.8 Å². The summed E-state index contributed by atoms with van der Waals surface area (Å²) in [4.78, 5) is 62.1. The lowest BCUT2D eigenvalue weighted by molar-refractivity contribution is -0.134. The lowest BCUT2D eigenvalue weighted by Crippen LogP contribution is -2.43. The van der Waals surface area contributed by atoms with Crippen LogP contribution in [0.3, 0.4) is 0 Å². The number of hydrogen-bond acceptors (Lipinski definition) is 9. The van der Waals surface area contributed by atoms with Crippen molar-refractivity contribution in [2.45, 2.75) is 18.9 Å². The Morgan fingerprint density at radius 1 is 0.595 bits per heavy atom. The number of hydrogen-bond donors (Lipinski definition) is 7. The zero-order chi connectivity index (χ0) is 29.4. The fourth-order valence-electron chi connectivity index (χ4n) is 2.22. The molecule has 1 aliphatic heterocycles. The molecular weight excluding hydrogens is 498 g/mol. The molecule has 0 unspecified atom stereocenters. The largest absolute Gasteiger partial charge is 0.478 e. The monoisotopic (exact) mass is 533 g/mol. The zero-order valence-electron chi connectivity index (χ0n) is 20.8. The molecule has 1 aliphatic rings. The van der Waals surface area contributed by atoms with E-state index in [0.29, 0.717) is 36.5 Å². The molecule has 7 N–H and O–H groups in total. The number of aliphatic carboxylic acids is 6. The second kappa shape index (κ2) is 23.7. The van der Waals surface area contributed by atoms with E-state index >= 15 is 0 Å². The van der Waals surface area contributed by atoms with Crippen LogP contribution in [0.25, 0.3) is 0 Å². The first-order valence-corrected chi connectivity index (χ1v) is 10.6. The van der Waals surface area contributed by atoms with Crippen molar-refractivity contribution in [3.63, 3.8) is 0 Å². The Kier molecular flexibility index (Phi) is 24.0. The van der Waals surface area contributed by atoms with Crippen LogP contribution in [-0.2, 0) is 28.8 Å². The van der Waals surface area contributed by atoms with Gasteiger partial charge in [0, 0.05) is 55.6 Å². The number of piperidine rings is 1. The molecule has 1 heterocycles. The van der Waals surface area contributed by atoms with Crippen LogP contribution in [0.4, 0.5) is 0 Å². The van der Waals surface area contributed by atoms with E-state index in [1.54, 1.807) is 0 Å². The van der Waals surface area contributed by atoms with E-state index in [4.69, 9.17) is 30.6 Å². The maximum atomic E-state index is 9.55. The normalized spacial score (nSPS) is 13.2. The average molecular weight is 534 g/mol. The predicted octanol–water partition coefficient (Wildman–Crippen LogP) is -0.633. The molecule has 210 valence electrons. The van der Waals surface area contributed by atoms with Gasteiger partial charge in [0.1, 0.15) is 0 Å². The van der Waals surface area contributed by atoms with Gasteiger partial charge in [0.05, 0.1) is 0 Å². The zero-order valence-corrected chi connectivity index (χ0v) is 20.8. The molecule has 0 aromatic carbocycles. The summed E-state index contributed by atoms with van der Waals surface area (Å²) in [6.07, 6.45) is 5.97. The molecule has 0 aromatic heterocycles. The van der Waals surface area contributed by atoms with Crippen LogP contribution in [0.2, 0.25) is 0 Å². The smallest absolute Gasteiger partial charge is 0.328 e. The molecule has 1 saturated heterocycles. The van der Waals surface area contributed by atoms with Gasteiger partial charge in [0.2, 0.25) is 0 Å². The molecule has 37 heavy (non-hydrogen) atoms. The van der Waals surface area contributed by atoms with Crippen molar-refractivity contribution in [2.24, 2.45) is 0 Å². The third kappa shape index (κ3) is 36.7. The molecule has 0 spiro atoms. The fourth-order valence-corrected chi connectivity index (χ4v) is 2.22. The molecule has 15 nitrogen and oxygen atoms in total. The summed E-state index contributed by atoms with van der Waals surface area (Å²) in [5.74, 6) is -7.54. The highest BCUT2D eigenvalue weighted by molar-refractivity contribution is 5.90. The first-order valence-electron chi connectivity index (χ1n) is 10.6. The van der Waals surface area contributed by atoms with Gasteiger partial charge in [-0.3, -0.25) is 0 Å². The van der Waals surface area contributed by atoms with Gasteiger partial charge in [-0.2, -0.15) is 0 Å². The minimum Gasteiger partial charge on any atom is -0.478 e. The molecular formula is C22H35N3O12. The van der Waals surface area contributed by atoms with Crippen LogP contribution < -0.4 is 5.32 Å². The number of rotatable bonds is 10. The van der Waals surface area contributed by atoms with E-state index in [1.807, 2.05) is 0 Å². The molecule has 1 rings (SSSR count). The van der Waals surface area contributed by atoms with Gasteiger partial charge in [0.15, 0.2) is 0 Å². The van der Waals surface area contributed by atoms with Gasteiger partial charge in [-0.15, -0.1) is 0 Å². The molecule has 0 amide bonds. The van der Waals surface area contributed by atoms with Gasteiger partial charge in [-0.1, -0.05) is 0 Å². The van der Waals surface area contributed by atoms with Gasteiger partial charge in [-0.25, -0.2) is 28.8 Å². The van der Waals surface area contributed by atoms with Crippen molar-refractivity contribution in [3.05, 3.63) is 36.5 Å². The molecule has 15 heteroatoms. The Morgan fingerprint density at radius 2 is 0.865 bits per heavy atom. The lowest BCUT2D eigenvalue weighted by atomic mass is 10.1. The molecule has 0 atom stereocenters. The molecule has 1 fully saturated rings. The summed E-state index contributed by atoms with van der Waals surface area (Å²) in [7, 11) is 6.52. The highest BCUT2D eigenvalue weighted by Gasteiger charge is 2.16. The highest BCUT2D eigenvalue weighted by atomic mass is 16.4. The third-order valence-corrected chi connectivity index (χ3v) is 3.94. The molecule has 0 radical (unpaired) electrons. The lowest BCUT2D eigenvalue weighted by Gasteiger charge is -2.32. The van der Waals surface area contributed by atoms with Gasteiger partial charge >= 0.3 is 35.8 Å². The van der Waals surface area contributed by atoms with Crippen LogP contribution in [0.1, 0.15) is 12.8 Å². The standard InChI is InChI=1S/C10H23N3.3C4H4O4/c1-12(2)8-9-13(3)10-4-6-11-7-5-10;3*5-3(6)1-2-4(7)8/h10-11H,4-9H2,1-3H3;3*1-2H,(H,5,6)(H,7,8). The van der Waals surface area contributed by atoms with Crippen LogP contribution in [0.5, 0.6) is 0 Å². The van der Waals surface area contributed by atoms with Crippen molar-refractivity contribution in [1.82, 2.24) is 15.1 Å². The SMILES string of the molecule is CN(C)CCN(C)C1CCNCC1.O=C(O)C=CC(=O)O.O=C(O)C=CC(=O)O.O=C(O)C=CC(=O)O. The van der Waals surface area contributed by atoms with Crippen LogP contribution in [-0.4, -0.2) is 130 Å². The molecule has 0 saturated carbocycles. The van der Waals surface area contributed by atoms with Crippen molar-refractivity contribution in [1.29, 1.82) is 0 Å². The van der Waals surface area contributed by atoms with Crippen LogP contribution >= 0.6 is 0 Å². The quantitative estimate of drug-likeness (QED) is 0.173. The minimum absolute atomic E-state index is 0.558.